The number of carbonyl (C=O) groups is 1. The number of hydrogen-bond acceptors (Lipinski definition) is 5. The lowest BCUT2D eigenvalue weighted by atomic mass is 10.2. The normalized spacial score (nSPS) is 10.9. The molecule has 7 nitrogen and oxygen atoms in total. The van der Waals surface area contributed by atoms with Crippen molar-refractivity contribution in [1.29, 1.82) is 0 Å². The van der Waals surface area contributed by atoms with E-state index in [-0.39, 0.29) is 17.7 Å². The number of aromatic amines is 1. The summed E-state index contributed by atoms with van der Waals surface area (Å²) in [4.78, 5) is 30.9. The van der Waals surface area contributed by atoms with Gasteiger partial charge in [0.05, 0.1) is 16.3 Å². The molecule has 0 amide bonds. The molecule has 4 aromatic rings. The van der Waals surface area contributed by atoms with Crippen LogP contribution in [0.25, 0.3) is 17.2 Å². The fourth-order valence-electron chi connectivity index (χ4n) is 2.64. The second-order valence-corrected chi connectivity index (χ2v) is 6.14. The number of nitrogens with one attached hydrogen (secondary N) is 1. The maximum atomic E-state index is 12.3. The van der Waals surface area contributed by atoms with Gasteiger partial charge in [-0.1, -0.05) is 48.0 Å². The van der Waals surface area contributed by atoms with E-state index in [9.17, 15) is 9.59 Å². The Balaban J connectivity index is 1.65. The lowest BCUT2D eigenvalue weighted by molar-refractivity contribution is 0.111. The van der Waals surface area contributed by atoms with Gasteiger partial charge in [-0.15, -0.1) is 5.10 Å². The van der Waals surface area contributed by atoms with Gasteiger partial charge in [-0.3, -0.25) is 9.59 Å². The van der Waals surface area contributed by atoms with Crippen molar-refractivity contribution in [3.05, 3.63) is 81.2 Å². The molecule has 0 radical (unpaired) electrons. The molecule has 0 aliphatic carbocycles. The number of H-pyrrole nitrogens is 1. The smallest absolute Gasteiger partial charge is 0.276 e. The number of carbonyl (C=O) groups excluding carboxylic acids is 1. The van der Waals surface area contributed by atoms with E-state index in [0.29, 0.717) is 34.4 Å². The van der Waals surface area contributed by atoms with Gasteiger partial charge in [0.25, 0.3) is 5.56 Å². The first-order chi connectivity index (χ1) is 13.2. The van der Waals surface area contributed by atoms with Crippen LogP contribution in [0.15, 0.2) is 59.4 Å². The van der Waals surface area contributed by atoms with Crippen molar-refractivity contribution < 1.29 is 9.53 Å². The summed E-state index contributed by atoms with van der Waals surface area (Å²) in [7, 11) is 0. The fraction of sp³-hybridized carbons (Fsp3) is 0.0526. The molecule has 0 unspecified atom stereocenters. The highest BCUT2D eigenvalue weighted by atomic mass is 35.5. The number of nitrogens with zero attached hydrogens (tertiary/aromatic N) is 3. The van der Waals surface area contributed by atoms with Crippen LogP contribution in [0.5, 0.6) is 5.75 Å². The summed E-state index contributed by atoms with van der Waals surface area (Å²) in [6, 6.07) is 15.7. The predicted octanol–water partition coefficient (Wildman–Crippen LogP) is 3.13. The minimum absolute atomic E-state index is 0.0421. The lowest BCUT2D eigenvalue weighted by Crippen LogP contribution is -2.16. The molecule has 4 rings (SSSR count). The minimum atomic E-state index is -0.335. The van der Waals surface area contributed by atoms with Gasteiger partial charge in [0, 0.05) is 11.6 Å². The van der Waals surface area contributed by atoms with Gasteiger partial charge in [0.1, 0.15) is 12.4 Å². The van der Waals surface area contributed by atoms with Crippen molar-refractivity contribution in [2.75, 3.05) is 0 Å². The van der Waals surface area contributed by atoms with E-state index in [2.05, 4.69) is 15.1 Å². The Bertz CT molecular complexity index is 1180. The number of hydrogen-bond donors (Lipinski definition) is 1. The number of ether oxygens (including phenoxy) is 1. The largest absolute Gasteiger partial charge is 0.487 e. The summed E-state index contributed by atoms with van der Waals surface area (Å²) >= 11 is 5.98. The van der Waals surface area contributed by atoms with Crippen LogP contribution in [0.4, 0.5) is 0 Å². The Morgan fingerprint density at radius 1 is 1.15 bits per heavy atom. The molecular weight excluding hydrogens is 368 g/mol. The maximum Gasteiger partial charge on any atom is 0.276 e. The third-order valence-corrected chi connectivity index (χ3v) is 4.26. The van der Waals surface area contributed by atoms with Crippen LogP contribution in [0.1, 0.15) is 16.1 Å². The van der Waals surface area contributed by atoms with E-state index in [4.69, 9.17) is 16.3 Å². The maximum absolute atomic E-state index is 12.3. The first-order valence-corrected chi connectivity index (χ1v) is 8.44. The van der Waals surface area contributed by atoms with E-state index in [1.54, 1.807) is 18.2 Å². The highest BCUT2D eigenvalue weighted by Crippen LogP contribution is 2.25. The Morgan fingerprint density at radius 3 is 2.74 bits per heavy atom. The number of benzene rings is 2. The summed E-state index contributed by atoms with van der Waals surface area (Å²) in [5.41, 5.74) is 1.23. The predicted molar refractivity (Wildman–Crippen MR) is 100 cm³/mol. The van der Waals surface area contributed by atoms with Crippen LogP contribution < -0.4 is 10.3 Å². The minimum Gasteiger partial charge on any atom is -0.487 e. The van der Waals surface area contributed by atoms with Crippen molar-refractivity contribution in [3.8, 4) is 17.1 Å². The number of rotatable bonds is 5. The first-order valence-electron chi connectivity index (χ1n) is 8.06. The second-order valence-electron chi connectivity index (χ2n) is 5.73. The Labute approximate surface area is 158 Å². The molecular formula is C19H13ClN4O3. The number of aldehydes is 1. The van der Waals surface area contributed by atoms with Crippen molar-refractivity contribution in [3.63, 3.8) is 0 Å². The number of fused-ring (bicyclic) bond motifs is 1. The Morgan fingerprint density at radius 2 is 1.96 bits per heavy atom. The van der Waals surface area contributed by atoms with Gasteiger partial charge >= 0.3 is 0 Å². The average Bonchev–Trinajstić information content (AvgIpc) is 3.12. The molecule has 0 fully saturated rings. The van der Waals surface area contributed by atoms with Crippen molar-refractivity contribution >= 4 is 23.7 Å². The van der Waals surface area contributed by atoms with Gasteiger partial charge in [-0.05, 0) is 12.1 Å². The Hall–Kier alpha value is -3.45. The highest BCUT2D eigenvalue weighted by molar-refractivity contribution is 6.33. The molecule has 1 N–H and O–H groups in total. The van der Waals surface area contributed by atoms with Crippen LogP contribution in [-0.4, -0.2) is 25.9 Å². The van der Waals surface area contributed by atoms with Crippen molar-refractivity contribution in [2.24, 2.45) is 0 Å². The van der Waals surface area contributed by atoms with Gasteiger partial charge < -0.3 is 9.72 Å². The molecule has 0 spiro atoms. The molecule has 0 atom stereocenters. The third-order valence-electron chi connectivity index (χ3n) is 3.93. The molecule has 0 aliphatic rings. The van der Waals surface area contributed by atoms with Gasteiger partial charge in [0.2, 0.25) is 5.78 Å². The molecule has 27 heavy (non-hydrogen) atoms. The van der Waals surface area contributed by atoms with Crippen LogP contribution in [0, 0.1) is 0 Å². The standard InChI is InChI=1S/C19H13ClN4O3/c20-15-7-4-8-16(14(15)10-25)27-11-13-9-17(26)24-19(21-13)22-18(23-24)12-5-2-1-3-6-12/h1-10H,11H2,(H,21,22,23). The molecule has 134 valence electrons. The van der Waals surface area contributed by atoms with Crippen LogP contribution in [0.3, 0.4) is 0 Å². The van der Waals surface area contributed by atoms with E-state index in [0.717, 1.165) is 5.56 Å². The van der Waals surface area contributed by atoms with Crippen LogP contribution in [-0.2, 0) is 6.61 Å². The van der Waals surface area contributed by atoms with Crippen LogP contribution in [0.2, 0.25) is 5.02 Å². The second kappa shape index (κ2) is 7.05. The highest BCUT2D eigenvalue weighted by Gasteiger charge is 2.11. The monoisotopic (exact) mass is 380 g/mol. The molecule has 0 bridgehead atoms. The zero-order valence-electron chi connectivity index (χ0n) is 13.9. The van der Waals surface area contributed by atoms with Crippen molar-refractivity contribution in [2.45, 2.75) is 6.61 Å². The summed E-state index contributed by atoms with van der Waals surface area (Å²) in [6.07, 6.45) is 0.633. The van der Waals surface area contributed by atoms with E-state index in [1.165, 1.54) is 10.6 Å². The van der Waals surface area contributed by atoms with Crippen LogP contribution >= 0.6 is 11.6 Å². The Kier molecular flexibility index (Phi) is 4.43. The molecule has 2 aromatic heterocycles. The lowest BCUT2D eigenvalue weighted by Gasteiger charge is -2.09. The molecule has 0 saturated carbocycles. The SMILES string of the molecule is O=Cc1c(Cl)cccc1OCc1cc(=O)n2nc(-c3ccccc3)nc2[nH]1. The summed E-state index contributed by atoms with van der Waals surface area (Å²) in [5, 5.41) is 4.54. The molecule has 0 aliphatic heterocycles. The third kappa shape index (κ3) is 3.32. The summed E-state index contributed by atoms with van der Waals surface area (Å²) < 4.78 is 6.84. The van der Waals surface area contributed by atoms with Gasteiger partial charge in [0.15, 0.2) is 12.1 Å². The average molecular weight is 381 g/mol. The topological polar surface area (TPSA) is 89.3 Å². The molecule has 2 heterocycles. The summed E-state index contributed by atoms with van der Waals surface area (Å²) in [5.74, 6) is 1.09. The van der Waals surface area contributed by atoms with Crippen molar-refractivity contribution in [1.82, 2.24) is 19.6 Å². The van der Waals surface area contributed by atoms with E-state index in [1.807, 2.05) is 30.3 Å². The zero-order chi connectivity index (χ0) is 18.8. The summed E-state index contributed by atoms with van der Waals surface area (Å²) in [6.45, 7) is 0.0421. The van der Waals surface area contributed by atoms with Gasteiger partial charge in [-0.25, -0.2) is 0 Å². The first kappa shape index (κ1) is 17.0. The zero-order valence-corrected chi connectivity index (χ0v) is 14.7. The molecule has 0 saturated heterocycles. The molecule has 2 aromatic carbocycles. The quantitative estimate of drug-likeness (QED) is 0.537. The van der Waals surface area contributed by atoms with E-state index >= 15 is 0 Å². The fourth-order valence-corrected chi connectivity index (χ4v) is 2.85. The van der Waals surface area contributed by atoms with Gasteiger partial charge in [-0.2, -0.15) is 9.50 Å². The number of aromatic nitrogens is 4. The number of halogens is 1. The van der Waals surface area contributed by atoms with E-state index < -0.39 is 0 Å². The molecule has 8 heteroatoms.